The number of likely N-dealkylation sites (tertiary alicyclic amines) is 1. The Labute approximate surface area is 401 Å². The summed E-state index contributed by atoms with van der Waals surface area (Å²) in [6.45, 7) is 74.1. The summed E-state index contributed by atoms with van der Waals surface area (Å²) in [6, 6.07) is 1.40. The summed E-state index contributed by atoms with van der Waals surface area (Å²) in [5.74, 6) is 19.8. The molecule has 1 aliphatic carbocycles. The maximum atomic E-state index is 6.74. The van der Waals surface area contributed by atoms with Crippen molar-refractivity contribution >= 4 is 0 Å². The van der Waals surface area contributed by atoms with Gasteiger partial charge in [0.25, 0.3) is 0 Å². The van der Waals surface area contributed by atoms with Crippen LogP contribution in [0.25, 0.3) is 0 Å². The number of hydrogen-bond donors (Lipinski definition) is 0. The average molecular weight is 887 g/mol. The quantitative estimate of drug-likeness (QED) is 0.162. The fourth-order valence-corrected chi connectivity index (χ4v) is 15.5. The van der Waals surface area contributed by atoms with E-state index < -0.39 is 0 Å². The smallest absolute Gasteiger partial charge is 0.0635 e. The van der Waals surface area contributed by atoms with Gasteiger partial charge >= 0.3 is 0 Å². The summed E-state index contributed by atoms with van der Waals surface area (Å²) < 4.78 is 6.74. The minimum absolute atomic E-state index is 0.416. The highest BCUT2D eigenvalue weighted by Gasteiger charge is 2.52. The van der Waals surface area contributed by atoms with Crippen LogP contribution in [0.15, 0.2) is 0 Å². The first kappa shape index (κ1) is 60.9. The Morgan fingerprint density at radius 2 is 0.540 bits per heavy atom. The second-order valence-electron chi connectivity index (χ2n) is 27.6. The first-order chi connectivity index (χ1) is 28.8. The van der Waals surface area contributed by atoms with E-state index in [9.17, 15) is 0 Å². The van der Waals surface area contributed by atoms with Gasteiger partial charge in [-0.2, -0.15) is 0 Å². The zero-order valence-corrected chi connectivity index (χ0v) is 49.0. The van der Waals surface area contributed by atoms with Crippen molar-refractivity contribution in [2.24, 2.45) is 148 Å². The van der Waals surface area contributed by atoms with Crippen molar-refractivity contribution in [3.8, 4) is 0 Å². The molecule has 378 valence electrons. The van der Waals surface area contributed by atoms with E-state index in [0.717, 1.165) is 118 Å². The van der Waals surface area contributed by atoms with Crippen LogP contribution in [0.5, 0.6) is 0 Å². The molecule has 2 aliphatic heterocycles. The molecule has 2 saturated heterocycles. The van der Waals surface area contributed by atoms with Gasteiger partial charge in [0, 0.05) is 18.6 Å². The molecule has 2 nitrogen and oxygen atoms in total. The van der Waals surface area contributed by atoms with Crippen LogP contribution in [0.1, 0.15) is 214 Å². The Hall–Kier alpha value is -0.0800. The lowest BCUT2D eigenvalue weighted by Gasteiger charge is -2.56. The van der Waals surface area contributed by atoms with Crippen molar-refractivity contribution in [3.63, 3.8) is 0 Å². The number of nitrogens with zero attached hydrogens (tertiary/aromatic N) is 1. The summed E-state index contributed by atoms with van der Waals surface area (Å²) in [5, 5.41) is 0. The largest absolute Gasteiger partial charge is 0.374 e. The zero-order chi connectivity index (χ0) is 49.4. The molecule has 0 aromatic heterocycles. The summed E-state index contributed by atoms with van der Waals surface area (Å²) in [5.41, 5.74) is 0. The molecule has 0 N–H and O–H groups in total. The Balaban J connectivity index is 0.000000472. The molecule has 0 amide bonds. The van der Waals surface area contributed by atoms with E-state index in [1.54, 1.807) is 0 Å². The molecule has 0 aromatic carbocycles. The van der Waals surface area contributed by atoms with Crippen LogP contribution in [0.2, 0.25) is 0 Å². The standard InChI is InChI=1S/C21H42.C20H41N.C20H40O/c1-12(2)17-11-18(13(3)4)20(15(7)8)21(16(9)10)19(17)14(5)6;1-12(2)17-11-21(16(9)10)20(15(7)8)19(14(5)6)18(17)13(3)4;1-11(2)16-17(12(3)4)19(14(7)8)21-20(15(9)10)18(16)13(5)6/h12-21H,11H2,1-10H3;12-20H,11H2,1-10H3;11-20H,1-10H3. The highest BCUT2D eigenvalue weighted by Crippen LogP contribution is 2.55. The maximum absolute atomic E-state index is 6.74. The Morgan fingerprint density at radius 1 is 0.270 bits per heavy atom. The number of rotatable bonds is 15. The van der Waals surface area contributed by atoms with Gasteiger partial charge in [0.15, 0.2) is 0 Å². The predicted molar refractivity (Wildman–Crippen MR) is 285 cm³/mol. The van der Waals surface area contributed by atoms with Gasteiger partial charge in [-0.1, -0.05) is 194 Å². The van der Waals surface area contributed by atoms with Crippen molar-refractivity contribution in [3.05, 3.63) is 0 Å². The second kappa shape index (κ2) is 26.6. The van der Waals surface area contributed by atoms with Gasteiger partial charge in [0.05, 0.1) is 12.2 Å². The Morgan fingerprint density at radius 3 is 0.762 bits per heavy atom. The van der Waals surface area contributed by atoms with Gasteiger partial charge in [-0.25, -0.2) is 0 Å². The topological polar surface area (TPSA) is 12.5 Å². The summed E-state index contributed by atoms with van der Waals surface area (Å²) in [6.07, 6.45) is 2.30. The first-order valence-corrected chi connectivity index (χ1v) is 28.2. The summed E-state index contributed by atoms with van der Waals surface area (Å²) in [4.78, 5) is 2.83. The lowest BCUT2D eigenvalue weighted by Crippen LogP contribution is -2.60. The SMILES string of the molecule is CC(C)C1CC(C(C)C)C(C(C)C)C(C(C)C)C1C(C)C.CC(C)C1CN(C(C)C)C(C(C)C)C(C(C)C)C1C(C)C.CC(C)C1OC(C(C)C)C(C(C)C)C(C(C)C)C1C(C)C. The molecule has 63 heavy (non-hydrogen) atoms. The third-order valence-electron chi connectivity index (χ3n) is 17.9. The van der Waals surface area contributed by atoms with Crippen molar-refractivity contribution in [2.75, 3.05) is 6.54 Å². The van der Waals surface area contributed by atoms with E-state index >= 15 is 0 Å². The molecule has 3 rings (SSSR count). The summed E-state index contributed by atoms with van der Waals surface area (Å²) in [7, 11) is 0. The highest BCUT2D eigenvalue weighted by molar-refractivity contribution is 5.00. The lowest BCUT2D eigenvalue weighted by atomic mass is 9.50. The fourth-order valence-electron chi connectivity index (χ4n) is 15.5. The van der Waals surface area contributed by atoms with Crippen LogP contribution in [0.4, 0.5) is 0 Å². The average Bonchev–Trinajstić information content (AvgIpc) is 3.14. The monoisotopic (exact) mass is 886 g/mol. The van der Waals surface area contributed by atoms with Gasteiger partial charge in [0.2, 0.25) is 0 Å². The molecule has 12 unspecified atom stereocenters. The van der Waals surface area contributed by atoms with E-state index in [1.165, 1.54) is 13.0 Å². The minimum atomic E-state index is 0.416. The summed E-state index contributed by atoms with van der Waals surface area (Å²) >= 11 is 0. The van der Waals surface area contributed by atoms with E-state index in [4.69, 9.17) is 4.74 Å². The molecule has 2 heterocycles. The van der Waals surface area contributed by atoms with Crippen molar-refractivity contribution < 1.29 is 4.74 Å². The molecule has 0 radical (unpaired) electrons. The second-order valence-corrected chi connectivity index (χ2v) is 27.6. The zero-order valence-electron chi connectivity index (χ0n) is 49.0. The van der Waals surface area contributed by atoms with E-state index in [-0.39, 0.29) is 0 Å². The fraction of sp³-hybridized carbons (Fsp3) is 1.00. The molecule has 0 aromatic rings. The van der Waals surface area contributed by atoms with Crippen LogP contribution in [-0.2, 0) is 4.74 Å². The van der Waals surface area contributed by atoms with Crippen molar-refractivity contribution in [2.45, 2.75) is 238 Å². The van der Waals surface area contributed by atoms with E-state index in [1.807, 2.05) is 0 Å². The normalized spacial score (nSPS) is 33.9. The molecular weight excluding hydrogens is 763 g/mol. The van der Waals surface area contributed by atoms with Gasteiger partial charge in [0.1, 0.15) is 0 Å². The molecule has 1 saturated carbocycles. The molecule has 0 bridgehead atoms. The van der Waals surface area contributed by atoms with Crippen molar-refractivity contribution in [1.82, 2.24) is 4.90 Å². The molecule has 12 atom stereocenters. The number of hydrogen-bond acceptors (Lipinski definition) is 2. The molecule has 3 fully saturated rings. The number of piperidine rings is 1. The first-order valence-electron chi connectivity index (χ1n) is 28.2. The van der Waals surface area contributed by atoms with E-state index in [0.29, 0.717) is 53.8 Å². The molecule has 0 spiro atoms. The van der Waals surface area contributed by atoms with Crippen LogP contribution < -0.4 is 0 Å². The predicted octanol–water partition coefficient (Wildman–Crippen LogP) is 18.2. The van der Waals surface area contributed by atoms with E-state index in [2.05, 4.69) is 213 Å². The van der Waals surface area contributed by atoms with Gasteiger partial charge in [-0.3, -0.25) is 4.90 Å². The Kier molecular flexibility index (Phi) is 25.7. The highest BCUT2D eigenvalue weighted by atomic mass is 16.5. The lowest BCUT2D eigenvalue weighted by molar-refractivity contribution is -0.204. The van der Waals surface area contributed by atoms with Crippen LogP contribution in [0, 0.1) is 148 Å². The van der Waals surface area contributed by atoms with Crippen LogP contribution >= 0.6 is 0 Å². The van der Waals surface area contributed by atoms with Crippen molar-refractivity contribution in [1.29, 1.82) is 0 Å². The minimum Gasteiger partial charge on any atom is -0.374 e. The maximum Gasteiger partial charge on any atom is 0.0635 e. The molecular formula is C61H123NO. The molecule has 3 aliphatic rings. The van der Waals surface area contributed by atoms with Gasteiger partial charge in [-0.15, -0.1) is 0 Å². The van der Waals surface area contributed by atoms with Crippen LogP contribution in [0.3, 0.4) is 0 Å². The van der Waals surface area contributed by atoms with Gasteiger partial charge in [-0.05, 0) is 168 Å². The van der Waals surface area contributed by atoms with Gasteiger partial charge < -0.3 is 4.74 Å². The third-order valence-corrected chi connectivity index (χ3v) is 17.9. The van der Waals surface area contributed by atoms with Crippen LogP contribution in [-0.4, -0.2) is 35.7 Å². The molecule has 2 heteroatoms. The Bertz CT molecular complexity index is 976. The third kappa shape index (κ3) is 15.5. The number of ether oxygens (including phenoxy) is 1.